The SMILES string of the molecule is CC1=CCC(c2cc3ccccc3c(-c3ccc(C)c(C)c3C)c2C=N)=C1C. The summed E-state index contributed by atoms with van der Waals surface area (Å²) in [6.45, 7) is 11.0. The van der Waals surface area contributed by atoms with Crippen molar-refractivity contribution in [3.05, 3.63) is 87.5 Å². The van der Waals surface area contributed by atoms with Gasteiger partial charge in [0.1, 0.15) is 0 Å². The predicted octanol–water partition coefficient (Wildman–Crippen LogP) is 7.55. The molecule has 3 aromatic rings. The normalized spacial score (nSPS) is 14.0. The third-order valence-electron chi connectivity index (χ3n) is 6.54. The molecule has 0 atom stereocenters. The molecule has 3 aromatic carbocycles. The number of hydrogen-bond acceptors (Lipinski definition) is 1. The molecule has 0 heterocycles. The highest BCUT2D eigenvalue weighted by molar-refractivity contribution is 6.09. The van der Waals surface area contributed by atoms with E-state index in [0.29, 0.717) is 0 Å². The van der Waals surface area contributed by atoms with E-state index in [1.165, 1.54) is 60.9 Å². The van der Waals surface area contributed by atoms with Crippen LogP contribution in [0.4, 0.5) is 0 Å². The van der Waals surface area contributed by atoms with Gasteiger partial charge in [-0.25, -0.2) is 0 Å². The van der Waals surface area contributed by atoms with Crippen molar-refractivity contribution in [2.75, 3.05) is 0 Å². The van der Waals surface area contributed by atoms with E-state index in [2.05, 4.69) is 83.2 Å². The first-order valence-electron chi connectivity index (χ1n) is 9.94. The van der Waals surface area contributed by atoms with Gasteiger partial charge in [0.2, 0.25) is 0 Å². The van der Waals surface area contributed by atoms with Gasteiger partial charge in [-0.2, -0.15) is 0 Å². The topological polar surface area (TPSA) is 23.9 Å². The number of rotatable bonds is 3. The second-order valence-electron chi connectivity index (χ2n) is 7.95. The molecule has 1 heteroatoms. The Bertz CT molecular complexity index is 1190. The largest absolute Gasteiger partial charge is 0.308 e. The number of allylic oxidation sites excluding steroid dienone is 4. The fourth-order valence-corrected chi connectivity index (χ4v) is 4.39. The van der Waals surface area contributed by atoms with Crippen molar-refractivity contribution < 1.29 is 0 Å². The Labute approximate surface area is 167 Å². The van der Waals surface area contributed by atoms with Crippen LogP contribution in [0.2, 0.25) is 0 Å². The number of fused-ring (bicyclic) bond motifs is 1. The maximum Gasteiger partial charge on any atom is 0.0262 e. The molecule has 0 aromatic heterocycles. The smallest absolute Gasteiger partial charge is 0.0262 e. The summed E-state index contributed by atoms with van der Waals surface area (Å²) in [6.07, 6.45) is 4.80. The van der Waals surface area contributed by atoms with E-state index >= 15 is 0 Å². The molecule has 0 fully saturated rings. The monoisotopic (exact) mass is 365 g/mol. The number of hydrogen-bond donors (Lipinski definition) is 1. The van der Waals surface area contributed by atoms with Crippen LogP contribution in [-0.4, -0.2) is 6.21 Å². The Balaban J connectivity index is 2.14. The predicted molar refractivity (Wildman–Crippen MR) is 122 cm³/mol. The zero-order chi connectivity index (χ0) is 20.0. The van der Waals surface area contributed by atoms with E-state index in [1.807, 2.05) is 0 Å². The molecule has 28 heavy (non-hydrogen) atoms. The summed E-state index contributed by atoms with van der Waals surface area (Å²) >= 11 is 0. The highest BCUT2D eigenvalue weighted by Crippen LogP contribution is 2.42. The fourth-order valence-electron chi connectivity index (χ4n) is 4.39. The molecule has 0 amide bonds. The van der Waals surface area contributed by atoms with Gasteiger partial charge in [-0.05, 0) is 102 Å². The number of nitrogens with one attached hydrogen (secondary N) is 1. The first kappa shape index (κ1) is 18.4. The molecular formula is C27H27N. The Morgan fingerprint density at radius 3 is 2.29 bits per heavy atom. The van der Waals surface area contributed by atoms with Gasteiger partial charge in [0, 0.05) is 11.8 Å². The van der Waals surface area contributed by atoms with Crippen molar-refractivity contribution in [2.24, 2.45) is 0 Å². The standard InChI is InChI=1S/C27H27N/c1-16-11-13-23(20(5)18(16)3)27-24-9-7-6-8-21(24)14-25(26(27)15-28)22-12-10-17(2)19(22)4/h6-11,13-15,28H,12H2,1-5H3. The molecule has 0 saturated carbocycles. The van der Waals surface area contributed by atoms with Crippen LogP contribution in [0.5, 0.6) is 0 Å². The summed E-state index contributed by atoms with van der Waals surface area (Å²) in [4.78, 5) is 0. The molecule has 0 radical (unpaired) electrons. The Hall–Kier alpha value is -2.93. The van der Waals surface area contributed by atoms with E-state index in [0.717, 1.165) is 12.0 Å². The average molecular weight is 366 g/mol. The highest BCUT2D eigenvalue weighted by Gasteiger charge is 2.21. The minimum atomic E-state index is 0.947. The molecule has 0 saturated heterocycles. The lowest BCUT2D eigenvalue weighted by molar-refractivity contribution is 1.27. The lowest BCUT2D eigenvalue weighted by Gasteiger charge is -2.20. The van der Waals surface area contributed by atoms with Crippen LogP contribution in [0.1, 0.15) is 48.1 Å². The summed E-state index contributed by atoms with van der Waals surface area (Å²) < 4.78 is 0. The van der Waals surface area contributed by atoms with Crippen LogP contribution in [0.15, 0.2) is 59.7 Å². The van der Waals surface area contributed by atoms with E-state index in [4.69, 9.17) is 5.41 Å². The van der Waals surface area contributed by atoms with Gasteiger partial charge in [-0.3, -0.25) is 0 Å². The van der Waals surface area contributed by atoms with Crippen molar-refractivity contribution in [3.8, 4) is 11.1 Å². The minimum Gasteiger partial charge on any atom is -0.308 e. The van der Waals surface area contributed by atoms with Gasteiger partial charge < -0.3 is 5.41 Å². The molecule has 140 valence electrons. The molecule has 1 aliphatic rings. The maximum atomic E-state index is 8.33. The van der Waals surface area contributed by atoms with Crippen LogP contribution in [0.3, 0.4) is 0 Å². The van der Waals surface area contributed by atoms with Crippen molar-refractivity contribution in [1.82, 2.24) is 0 Å². The van der Waals surface area contributed by atoms with Gasteiger partial charge in [0.15, 0.2) is 0 Å². The van der Waals surface area contributed by atoms with Gasteiger partial charge in [-0.15, -0.1) is 0 Å². The zero-order valence-electron chi connectivity index (χ0n) is 17.4. The summed E-state index contributed by atoms with van der Waals surface area (Å²) in [5.41, 5.74) is 12.7. The van der Waals surface area contributed by atoms with Gasteiger partial charge in [0.25, 0.3) is 0 Å². The maximum absolute atomic E-state index is 8.33. The summed E-state index contributed by atoms with van der Waals surface area (Å²) in [6, 6.07) is 15.3. The zero-order valence-corrected chi connectivity index (χ0v) is 17.4. The lowest BCUT2D eigenvalue weighted by atomic mass is 9.84. The molecule has 1 nitrogen and oxygen atoms in total. The lowest BCUT2D eigenvalue weighted by Crippen LogP contribution is -2.00. The molecule has 0 bridgehead atoms. The quantitative estimate of drug-likeness (QED) is 0.463. The third-order valence-corrected chi connectivity index (χ3v) is 6.54. The molecule has 0 aliphatic heterocycles. The van der Waals surface area contributed by atoms with Gasteiger partial charge in [-0.1, -0.05) is 48.0 Å². The van der Waals surface area contributed by atoms with E-state index in [-0.39, 0.29) is 0 Å². The first-order chi connectivity index (χ1) is 13.4. The van der Waals surface area contributed by atoms with Crippen molar-refractivity contribution in [3.63, 3.8) is 0 Å². The Morgan fingerprint density at radius 1 is 0.857 bits per heavy atom. The second kappa shape index (κ2) is 6.91. The number of benzene rings is 3. The summed E-state index contributed by atoms with van der Waals surface area (Å²) in [5.74, 6) is 0. The molecule has 0 spiro atoms. The first-order valence-corrected chi connectivity index (χ1v) is 9.94. The Morgan fingerprint density at radius 2 is 1.61 bits per heavy atom. The molecule has 4 rings (SSSR count). The van der Waals surface area contributed by atoms with Crippen molar-refractivity contribution in [2.45, 2.75) is 41.0 Å². The molecule has 1 aliphatic carbocycles. The minimum absolute atomic E-state index is 0.947. The third kappa shape index (κ3) is 2.74. The second-order valence-corrected chi connectivity index (χ2v) is 7.95. The van der Waals surface area contributed by atoms with E-state index in [9.17, 15) is 0 Å². The summed E-state index contributed by atoms with van der Waals surface area (Å²) in [7, 11) is 0. The van der Waals surface area contributed by atoms with Gasteiger partial charge >= 0.3 is 0 Å². The van der Waals surface area contributed by atoms with Crippen LogP contribution in [0, 0.1) is 26.2 Å². The molecular weight excluding hydrogens is 338 g/mol. The Kier molecular flexibility index (Phi) is 4.55. The van der Waals surface area contributed by atoms with Crippen LogP contribution in [0.25, 0.3) is 27.5 Å². The van der Waals surface area contributed by atoms with E-state index in [1.54, 1.807) is 6.21 Å². The van der Waals surface area contributed by atoms with Crippen molar-refractivity contribution >= 4 is 22.6 Å². The molecule has 1 N–H and O–H groups in total. The van der Waals surface area contributed by atoms with Crippen LogP contribution >= 0.6 is 0 Å². The summed E-state index contributed by atoms with van der Waals surface area (Å²) in [5, 5.41) is 10.8. The molecule has 0 unspecified atom stereocenters. The number of aryl methyl sites for hydroxylation is 1. The van der Waals surface area contributed by atoms with E-state index < -0.39 is 0 Å². The van der Waals surface area contributed by atoms with Gasteiger partial charge in [0.05, 0.1) is 0 Å². The van der Waals surface area contributed by atoms with Crippen molar-refractivity contribution in [1.29, 1.82) is 5.41 Å². The van der Waals surface area contributed by atoms with Crippen LogP contribution in [-0.2, 0) is 0 Å². The van der Waals surface area contributed by atoms with Crippen LogP contribution < -0.4 is 0 Å². The fraction of sp³-hybridized carbons (Fsp3) is 0.222. The average Bonchev–Trinajstić information content (AvgIpc) is 3.03. The highest BCUT2D eigenvalue weighted by atomic mass is 14.4.